The van der Waals surface area contributed by atoms with E-state index in [1.54, 1.807) is 0 Å². The Bertz CT molecular complexity index is 623. The molecule has 0 saturated heterocycles. The maximum absolute atomic E-state index is 13.6. The zero-order chi connectivity index (χ0) is 25.7. The molecule has 0 saturated carbocycles. The molecule has 0 radical (unpaired) electrons. The predicted octanol–water partition coefficient (Wildman–Crippen LogP) is 4.99. The highest BCUT2D eigenvalue weighted by molar-refractivity contribution is 5.15. The van der Waals surface area contributed by atoms with Crippen molar-refractivity contribution >= 4 is 0 Å². The van der Waals surface area contributed by atoms with Crippen LogP contribution in [0.25, 0.3) is 0 Å². The molecule has 1 atom stereocenters. The summed E-state index contributed by atoms with van der Waals surface area (Å²) < 4.78 is 221. The van der Waals surface area contributed by atoms with E-state index in [0.29, 0.717) is 0 Å². The summed E-state index contributed by atoms with van der Waals surface area (Å²) in [5.41, 5.74) is 0. The fourth-order valence-corrected chi connectivity index (χ4v) is 1.98. The topological polar surface area (TPSA) is 40.5 Å². The molecule has 2 N–H and O–H groups in total. The van der Waals surface area contributed by atoms with Gasteiger partial charge in [0.25, 0.3) is 0 Å². The predicted molar refractivity (Wildman–Crippen MR) is 63.0 cm³/mol. The maximum Gasteiger partial charge on any atom is 0.460 e. The van der Waals surface area contributed by atoms with Crippen molar-refractivity contribution in [3.05, 3.63) is 0 Å². The van der Waals surface area contributed by atoms with Crippen LogP contribution in [-0.2, 0) is 0 Å². The second-order valence-electron chi connectivity index (χ2n) is 5.96. The normalized spacial score (nSPS) is 17.1. The molecule has 0 fully saturated rings. The number of aliphatic hydroxyl groups excluding tert-OH is 2. The van der Waals surface area contributed by atoms with Gasteiger partial charge >= 0.3 is 47.6 Å². The summed E-state index contributed by atoms with van der Waals surface area (Å²) in [6.07, 6.45) is -9.58. The highest BCUT2D eigenvalue weighted by Gasteiger charge is 2.95. The van der Waals surface area contributed by atoms with Gasteiger partial charge in [-0.05, 0) is 6.42 Å². The minimum atomic E-state index is -8.69. The van der Waals surface area contributed by atoms with Crippen molar-refractivity contribution in [3.63, 3.8) is 0 Å². The molecule has 0 aliphatic rings. The largest absolute Gasteiger partial charge is 0.460 e. The summed E-state index contributed by atoms with van der Waals surface area (Å²) in [4.78, 5) is 0. The van der Waals surface area contributed by atoms with Crippen molar-refractivity contribution in [2.45, 2.75) is 54.1 Å². The van der Waals surface area contributed by atoms with E-state index in [4.69, 9.17) is 10.2 Å². The Labute approximate surface area is 159 Å². The van der Waals surface area contributed by atoms with Crippen LogP contribution in [0.5, 0.6) is 0 Å². The van der Waals surface area contributed by atoms with Crippen molar-refractivity contribution in [2.75, 3.05) is 13.2 Å². The molecule has 0 spiro atoms. The standard InChI is InChI=1S/C12H9F17O2/c13-5(14,4(3-31)1-2-30)6(15,16)7(17,18)8(19,20)9(21,22)10(23,24)11(25,26)12(27,28)29/h4,30-31H,1-3H2. The van der Waals surface area contributed by atoms with Gasteiger partial charge in [0.05, 0.1) is 12.5 Å². The zero-order valence-corrected chi connectivity index (χ0v) is 14.0. The van der Waals surface area contributed by atoms with E-state index < -0.39 is 73.2 Å². The highest BCUT2D eigenvalue weighted by Crippen LogP contribution is 2.64. The van der Waals surface area contributed by atoms with Crippen LogP contribution >= 0.6 is 0 Å². The van der Waals surface area contributed by atoms with Gasteiger partial charge in [-0.15, -0.1) is 0 Å². The minimum Gasteiger partial charge on any atom is -0.396 e. The molecule has 0 aromatic rings. The van der Waals surface area contributed by atoms with E-state index in [0.717, 1.165) is 0 Å². The van der Waals surface area contributed by atoms with Gasteiger partial charge in [-0.1, -0.05) is 0 Å². The third kappa shape index (κ3) is 3.88. The average Bonchev–Trinajstić information content (AvgIpc) is 2.57. The van der Waals surface area contributed by atoms with Crippen LogP contribution in [0, 0.1) is 5.92 Å². The van der Waals surface area contributed by atoms with Crippen LogP contribution in [-0.4, -0.2) is 71.1 Å². The van der Waals surface area contributed by atoms with Crippen molar-refractivity contribution in [1.29, 1.82) is 0 Å². The minimum absolute atomic E-state index is 1.62. The molecule has 0 aromatic heterocycles. The Kier molecular flexibility index (Phi) is 7.62. The van der Waals surface area contributed by atoms with Crippen LogP contribution in [0.15, 0.2) is 0 Å². The van der Waals surface area contributed by atoms with E-state index in [1.807, 2.05) is 0 Å². The summed E-state index contributed by atoms with van der Waals surface area (Å²) >= 11 is 0. The molecule has 31 heavy (non-hydrogen) atoms. The summed E-state index contributed by atoms with van der Waals surface area (Å²) in [7, 11) is 0. The SMILES string of the molecule is OCCC(CO)C(F)(F)C(F)(F)C(F)(F)C(F)(F)C(F)(F)C(F)(F)C(F)(F)C(F)(F)F. The fourth-order valence-electron chi connectivity index (χ4n) is 1.98. The quantitative estimate of drug-likeness (QED) is 0.409. The van der Waals surface area contributed by atoms with Crippen molar-refractivity contribution < 1.29 is 84.9 Å². The van der Waals surface area contributed by atoms with Crippen LogP contribution in [0.4, 0.5) is 74.6 Å². The van der Waals surface area contributed by atoms with Crippen LogP contribution in [0.1, 0.15) is 6.42 Å². The average molecular weight is 508 g/mol. The van der Waals surface area contributed by atoms with Crippen molar-refractivity contribution in [2.24, 2.45) is 5.92 Å². The first-order valence-corrected chi connectivity index (χ1v) is 7.20. The van der Waals surface area contributed by atoms with Gasteiger partial charge in [-0.2, -0.15) is 74.6 Å². The molecular weight excluding hydrogens is 499 g/mol. The first-order valence-electron chi connectivity index (χ1n) is 7.20. The molecule has 0 rings (SSSR count). The Balaban J connectivity index is 6.76. The van der Waals surface area contributed by atoms with Crippen molar-refractivity contribution in [1.82, 2.24) is 0 Å². The maximum atomic E-state index is 13.6. The summed E-state index contributed by atoms with van der Waals surface area (Å²) in [6.45, 7) is -3.92. The van der Waals surface area contributed by atoms with E-state index in [-0.39, 0.29) is 0 Å². The van der Waals surface area contributed by atoms with Gasteiger partial charge < -0.3 is 10.2 Å². The first-order chi connectivity index (χ1) is 13.3. The first kappa shape index (κ1) is 29.7. The Hall–Kier alpha value is -1.27. The summed E-state index contributed by atoms with van der Waals surface area (Å²) in [6, 6.07) is 0. The van der Waals surface area contributed by atoms with Gasteiger partial charge in [0.2, 0.25) is 0 Å². The lowest BCUT2D eigenvalue weighted by molar-refractivity contribution is -0.463. The second-order valence-corrected chi connectivity index (χ2v) is 5.96. The lowest BCUT2D eigenvalue weighted by Gasteiger charge is -2.43. The van der Waals surface area contributed by atoms with E-state index in [9.17, 15) is 74.6 Å². The molecule has 0 aliphatic heterocycles. The number of alkyl halides is 17. The lowest BCUT2D eigenvalue weighted by atomic mass is 9.84. The van der Waals surface area contributed by atoms with Gasteiger partial charge in [0, 0.05) is 6.61 Å². The molecule has 188 valence electrons. The number of hydrogen-bond donors (Lipinski definition) is 2. The number of aliphatic hydroxyl groups is 2. The monoisotopic (exact) mass is 508 g/mol. The van der Waals surface area contributed by atoms with Gasteiger partial charge in [-0.25, -0.2) is 0 Å². The lowest BCUT2D eigenvalue weighted by Crippen LogP contribution is -2.75. The Morgan fingerprint density at radius 2 is 0.742 bits per heavy atom. The third-order valence-electron chi connectivity index (χ3n) is 3.96. The van der Waals surface area contributed by atoms with E-state index >= 15 is 0 Å². The molecule has 0 bridgehead atoms. The van der Waals surface area contributed by atoms with Crippen LogP contribution < -0.4 is 0 Å². The van der Waals surface area contributed by atoms with Gasteiger partial charge in [-0.3, -0.25) is 0 Å². The van der Waals surface area contributed by atoms with Gasteiger partial charge in [0.15, 0.2) is 0 Å². The summed E-state index contributed by atoms with van der Waals surface area (Å²) in [5.74, 6) is -60.6. The molecular formula is C12H9F17O2. The fraction of sp³-hybridized carbons (Fsp3) is 1.00. The van der Waals surface area contributed by atoms with Crippen molar-refractivity contribution in [3.8, 4) is 0 Å². The van der Waals surface area contributed by atoms with Crippen LogP contribution in [0.2, 0.25) is 0 Å². The number of hydrogen-bond acceptors (Lipinski definition) is 2. The van der Waals surface area contributed by atoms with Crippen LogP contribution in [0.3, 0.4) is 0 Å². The molecule has 0 amide bonds. The Morgan fingerprint density at radius 3 is 1.00 bits per heavy atom. The Morgan fingerprint density at radius 1 is 0.452 bits per heavy atom. The summed E-state index contributed by atoms with van der Waals surface area (Å²) in [5, 5.41) is 16.8. The molecule has 0 heterocycles. The highest BCUT2D eigenvalue weighted by atomic mass is 19.4. The number of halogens is 17. The third-order valence-corrected chi connectivity index (χ3v) is 3.96. The second kappa shape index (κ2) is 7.95. The molecule has 1 unspecified atom stereocenters. The van der Waals surface area contributed by atoms with Gasteiger partial charge in [0.1, 0.15) is 0 Å². The van der Waals surface area contributed by atoms with E-state index in [1.165, 1.54) is 0 Å². The smallest absolute Gasteiger partial charge is 0.396 e. The molecule has 2 nitrogen and oxygen atoms in total. The van der Waals surface area contributed by atoms with E-state index in [2.05, 4.69) is 0 Å². The zero-order valence-electron chi connectivity index (χ0n) is 14.0. The molecule has 19 heteroatoms. The molecule has 0 aliphatic carbocycles. The number of rotatable bonds is 10. The molecule has 0 aromatic carbocycles.